The van der Waals surface area contributed by atoms with Crippen molar-refractivity contribution in [2.75, 3.05) is 45.7 Å². The molecule has 1 saturated heterocycles. The summed E-state index contributed by atoms with van der Waals surface area (Å²) in [6, 6.07) is 0. The van der Waals surface area contributed by atoms with Gasteiger partial charge in [0.05, 0.1) is 53.2 Å². The Kier molecular flexibility index (Phi) is 14.1. The van der Waals surface area contributed by atoms with Crippen LogP contribution in [0.15, 0.2) is 63.4 Å². The van der Waals surface area contributed by atoms with Gasteiger partial charge >= 0.3 is 5.97 Å². The van der Waals surface area contributed by atoms with Gasteiger partial charge in [0.15, 0.2) is 17.2 Å². The van der Waals surface area contributed by atoms with Crippen LogP contribution in [0.25, 0.3) is 5.57 Å². The summed E-state index contributed by atoms with van der Waals surface area (Å²) in [5.74, 6) is -7.98. The number of nitrogens with one attached hydrogen (secondary N) is 1. The molecule has 0 radical (unpaired) electrons. The van der Waals surface area contributed by atoms with Crippen molar-refractivity contribution in [1.29, 1.82) is 0 Å². The summed E-state index contributed by atoms with van der Waals surface area (Å²) in [5, 5.41) is 59.2. The number of esters is 1. The molecule has 1 aromatic carbocycles. The quantitative estimate of drug-likeness (QED) is 0.0900. The Hall–Kier alpha value is -5.36. The first kappa shape index (κ1) is 45.7. The number of nitrogens with zero attached hydrogens (tertiary/aromatic N) is 4. The summed E-state index contributed by atoms with van der Waals surface area (Å²) < 4.78 is 23.8. The van der Waals surface area contributed by atoms with Crippen LogP contribution in [0.5, 0.6) is 11.5 Å². The van der Waals surface area contributed by atoms with Gasteiger partial charge in [0.25, 0.3) is 11.7 Å². The van der Waals surface area contributed by atoms with E-state index in [0.29, 0.717) is 26.2 Å². The number of aromatic hydroxyl groups is 2. The molecule has 4 aliphatic heterocycles. The summed E-state index contributed by atoms with van der Waals surface area (Å²) in [6.45, 7) is 15.0. The number of amides is 1. The molecule has 17 nitrogen and oxygen atoms in total. The molecule has 1 fully saturated rings. The Labute approximate surface area is 349 Å². The molecule has 9 atom stereocenters. The Morgan fingerprint density at radius 2 is 1.65 bits per heavy atom. The number of methoxy groups -OCH3 is 1. The lowest BCUT2D eigenvalue weighted by Crippen LogP contribution is -2.46. The van der Waals surface area contributed by atoms with Crippen LogP contribution in [0.2, 0.25) is 0 Å². The molecule has 0 saturated carbocycles. The number of anilines is 1. The fourth-order valence-electron chi connectivity index (χ4n) is 8.05. The molecule has 1 aliphatic carbocycles. The number of aliphatic hydroxyl groups is 2. The number of allylic oxidation sites excluding steroid dienone is 4. The lowest BCUT2D eigenvalue weighted by Gasteiger charge is -2.38. The number of hydrogen-bond donors (Lipinski definition) is 5. The number of fused-ring (bicyclic) bond motifs is 14. The van der Waals surface area contributed by atoms with Crippen molar-refractivity contribution in [3.8, 4) is 11.5 Å². The first-order valence-electron chi connectivity index (χ1n) is 20.0. The predicted molar refractivity (Wildman–Crippen MR) is 222 cm³/mol. The smallest absolute Gasteiger partial charge is 0.302 e. The molecule has 326 valence electrons. The maximum absolute atomic E-state index is 14.1. The van der Waals surface area contributed by atoms with Crippen molar-refractivity contribution in [2.45, 2.75) is 85.6 Å². The molecule has 17 heteroatoms. The van der Waals surface area contributed by atoms with E-state index >= 15 is 0 Å². The third kappa shape index (κ3) is 8.89. The van der Waals surface area contributed by atoms with Crippen LogP contribution in [-0.4, -0.2) is 125 Å². The highest BCUT2D eigenvalue weighted by atomic mass is 16.7. The minimum atomic E-state index is -1.99. The Bertz CT molecular complexity index is 2070. The molecule has 0 aromatic heterocycles. The number of carbonyl (C=O) groups is 3. The standard InChI is InChI=1S/C43H57N5O12/c1-21-12-11-13-22(2)42(55)45-33-28(20-44-48-17-15-47(9)16-18-48)37(53)30-31(38(33)54)36(52)26(6)40-32(30)41(46-56)43(8,60-40)58-19-14-29(57-10)23(3)39(59-27(7)49)25(5)35(51)24(4)34(21)50/h11-14,19-21,23-25,29,34-35,39,50-51,53-54H,15-18H2,1-10H3,(H,45,55)/b12-11+,19-14+,22-13-,44-20+/t21-,23+,24+,25+,29-,34-,35+,39+,43-/m0/s1. The van der Waals surface area contributed by atoms with Gasteiger partial charge in [-0.2, -0.15) is 5.10 Å². The van der Waals surface area contributed by atoms with Crippen LogP contribution >= 0.6 is 0 Å². The fraction of sp³-hybridized carbons (Fsp3) is 0.535. The lowest BCUT2D eigenvalue weighted by atomic mass is 9.78. The van der Waals surface area contributed by atoms with Gasteiger partial charge in [-0.25, -0.2) is 0 Å². The number of nitroso groups, excluding NO2 is 1. The van der Waals surface area contributed by atoms with Gasteiger partial charge < -0.3 is 49.6 Å². The summed E-state index contributed by atoms with van der Waals surface area (Å²) >= 11 is 0. The fourth-order valence-corrected chi connectivity index (χ4v) is 8.05. The molecule has 1 amide bonds. The Morgan fingerprint density at radius 1 is 0.983 bits per heavy atom. The SMILES string of the molecule is CO[C@H]1/C=C/O[C@@]2(C)OC3=C(C)C(=O)c4c(O)c(c(/C=N/N5CCN(C)CC5)c(O)c4C3=C2N=O)NC(=O)/C(C)=C\C=C\[C@H](C)[C@H](O)[C@@H](C)[C@@H](O)[C@@H](C)[C@H](OC(C)=O)[C@@H]1C. The first-order valence-corrected chi connectivity index (χ1v) is 20.0. The van der Waals surface area contributed by atoms with Crippen LogP contribution in [0.1, 0.15) is 76.9 Å². The molecule has 0 unspecified atom stereocenters. The summed E-state index contributed by atoms with van der Waals surface area (Å²) in [6.07, 6.45) is 4.76. The highest BCUT2D eigenvalue weighted by Gasteiger charge is 2.51. The van der Waals surface area contributed by atoms with E-state index in [2.05, 4.69) is 20.5 Å². The van der Waals surface area contributed by atoms with Gasteiger partial charge in [-0.1, -0.05) is 45.9 Å². The van der Waals surface area contributed by atoms with Crippen LogP contribution in [0.3, 0.4) is 0 Å². The highest BCUT2D eigenvalue weighted by Crippen LogP contribution is 2.56. The second-order valence-corrected chi connectivity index (χ2v) is 16.2. The lowest BCUT2D eigenvalue weighted by molar-refractivity contribution is -0.160. The van der Waals surface area contributed by atoms with E-state index in [-0.39, 0.29) is 45.0 Å². The molecular weight excluding hydrogens is 778 g/mol. The number of piperazine rings is 1. The highest BCUT2D eigenvalue weighted by molar-refractivity contribution is 6.22. The number of ether oxygens (including phenoxy) is 4. The summed E-state index contributed by atoms with van der Waals surface area (Å²) in [4.78, 5) is 55.2. The maximum atomic E-state index is 14.1. The number of aliphatic hydroxyl groups excluding tert-OH is 2. The zero-order chi connectivity index (χ0) is 44.4. The number of Topliss-reactive ketones (excluding diaryl/α,β-unsaturated/α-hetero) is 1. The van der Waals surface area contributed by atoms with Gasteiger partial charge in [0.1, 0.15) is 17.6 Å². The van der Waals surface area contributed by atoms with E-state index in [1.54, 1.807) is 44.9 Å². The minimum Gasteiger partial charge on any atom is -0.507 e. The maximum Gasteiger partial charge on any atom is 0.302 e. The zero-order valence-electron chi connectivity index (χ0n) is 35.8. The van der Waals surface area contributed by atoms with E-state index in [1.807, 2.05) is 7.05 Å². The molecule has 5 bridgehead atoms. The van der Waals surface area contributed by atoms with Crippen molar-refractivity contribution < 1.29 is 53.8 Å². The number of rotatable bonds is 5. The van der Waals surface area contributed by atoms with Crippen LogP contribution in [-0.2, 0) is 28.5 Å². The molecule has 0 spiro atoms. The molecular formula is C43H57N5O12. The third-order valence-electron chi connectivity index (χ3n) is 12.0. The van der Waals surface area contributed by atoms with Crippen molar-refractivity contribution in [3.05, 3.63) is 74.8 Å². The Morgan fingerprint density at radius 3 is 2.27 bits per heavy atom. The monoisotopic (exact) mass is 835 g/mol. The number of ketones is 1. The molecule has 5 N–H and O–H groups in total. The molecule has 6 rings (SSSR count). The number of carbonyl (C=O) groups excluding carboxylic acids is 3. The van der Waals surface area contributed by atoms with Gasteiger partial charge in [-0.05, 0) is 32.1 Å². The third-order valence-corrected chi connectivity index (χ3v) is 12.0. The number of hydrogen-bond acceptors (Lipinski definition) is 16. The number of hydrazone groups is 1. The average molecular weight is 836 g/mol. The second-order valence-electron chi connectivity index (χ2n) is 16.2. The molecule has 60 heavy (non-hydrogen) atoms. The molecule has 4 heterocycles. The van der Waals surface area contributed by atoms with Crippen LogP contribution in [0, 0.1) is 28.6 Å². The Balaban J connectivity index is 1.73. The van der Waals surface area contributed by atoms with E-state index < -0.39 is 88.6 Å². The first-order chi connectivity index (χ1) is 28.3. The van der Waals surface area contributed by atoms with Crippen molar-refractivity contribution in [2.24, 2.45) is 33.9 Å². The summed E-state index contributed by atoms with van der Waals surface area (Å²) in [7, 11) is 3.41. The zero-order valence-corrected chi connectivity index (χ0v) is 35.8. The minimum absolute atomic E-state index is 0.0433. The normalized spacial score (nSPS) is 32.9. The predicted octanol–water partition coefficient (Wildman–Crippen LogP) is 4.57. The van der Waals surface area contributed by atoms with Gasteiger partial charge in [-0.15, -0.1) is 4.91 Å². The van der Waals surface area contributed by atoms with E-state index in [4.69, 9.17) is 18.9 Å². The largest absolute Gasteiger partial charge is 0.507 e. The number of phenols is 2. The number of likely N-dealkylation sites (N-methyl/N-ethyl adjacent to an activating group) is 1. The van der Waals surface area contributed by atoms with Crippen LogP contribution in [0.4, 0.5) is 5.69 Å². The molecule has 1 aromatic rings. The van der Waals surface area contributed by atoms with Gasteiger partial charge in [-0.3, -0.25) is 19.4 Å². The number of phenolic OH excluding ortho intramolecular Hbond substituents is 2. The second kappa shape index (κ2) is 18.5. The van der Waals surface area contributed by atoms with Gasteiger partial charge in [0, 0.05) is 87.5 Å². The van der Waals surface area contributed by atoms with E-state index in [0.717, 1.165) is 0 Å². The van der Waals surface area contributed by atoms with E-state index in [1.165, 1.54) is 59.4 Å². The average Bonchev–Trinajstić information content (AvgIpc) is 3.51. The topological polar surface area (TPSA) is 229 Å². The van der Waals surface area contributed by atoms with Crippen LogP contribution < -0.4 is 5.32 Å². The van der Waals surface area contributed by atoms with Crippen molar-refractivity contribution >= 4 is 35.1 Å². The van der Waals surface area contributed by atoms with Crippen molar-refractivity contribution in [3.63, 3.8) is 0 Å². The van der Waals surface area contributed by atoms with Crippen molar-refractivity contribution in [1.82, 2.24) is 9.91 Å². The number of benzene rings is 1. The van der Waals surface area contributed by atoms with E-state index in [9.17, 15) is 39.7 Å². The van der Waals surface area contributed by atoms with Gasteiger partial charge in [0.2, 0.25) is 0 Å². The molecule has 5 aliphatic rings. The summed E-state index contributed by atoms with van der Waals surface area (Å²) in [5.41, 5.74) is -1.52.